The van der Waals surface area contributed by atoms with Crippen LogP contribution in [0.4, 0.5) is 0 Å². The van der Waals surface area contributed by atoms with E-state index in [-0.39, 0.29) is 50.7 Å². The fourth-order valence-corrected chi connectivity index (χ4v) is 5.65. The third kappa shape index (κ3) is 5.71. The number of benzene rings is 1. The molecule has 0 aromatic heterocycles. The van der Waals surface area contributed by atoms with E-state index < -0.39 is 14.7 Å². The van der Waals surface area contributed by atoms with Crippen LogP contribution in [0.25, 0.3) is 11.3 Å². The predicted molar refractivity (Wildman–Crippen MR) is 111 cm³/mol. The molecule has 1 aliphatic rings. The summed E-state index contributed by atoms with van der Waals surface area (Å²) in [6.45, 7) is 15.6. The maximum Gasteiger partial charge on any atom is 0.0803 e. The number of halogens is 2. The van der Waals surface area contributed by atoms with Crippen LogP contribution < -0.4 is 30.0 Å². The quantitative estimate of drug-likeness (QED) is 0.421. The molecule has 0 saturated heterocycles. The first-order valence-electron chi connectivity index (χ1n) is 9.33. The Morgan fingerprint density at radius 2 is 1.68 bits per heavy atom. The van der Waals surface area contributed by atoms with Gasteiger partial charge in [0.2, 0.25) is 0 Å². The third-order valence-electron chi connectivity index (χ3n) is 5.75. The minimum atomic E-state index is -0.762. The van der Waals surface area contributed by atoms with Gasteiger partial charge in [-0.25, -0.2) is 0 Å². The Bertz CT molecular complexity index is 772. The Morgan fingerprint density at radius 3 is 2.07 bits per heavy atom. The van der Waals surface area contributed by atoms with Gasteiger partial charge in [-0.1, -0.05) is 56.3 Å². The van der Waals surface area contributed by atoms with E-state index in [2.05, 4.69) is 53.8 Å². The Morgan fingerprint density at radius 1 is 1.11 bits per heavy atom. The zero-order valence-electron chi connectivity index (χ0n) is 18.0. The van der Waals surface area contributed by atoms with Gasteiger partial charge in [0.05, 0.1) is 14.7 Å². The molecule has 1 radical (unpaired) electrons. The van der Waals surface area contributed by atoms with Gasteiger partial charge in [-0.2, -0.15) is 0 Å². The van der Waals surface area contributed by atoms with Gasteiger partial charge in [-0.05, 0) is 61.5 Å². The van der Waals surface area contributed by atoms with Gasteiger partial charge >= 0.3 is 0 Å². The molecule has 0 aliphatic heterocycles. The third-order valence-corrected chi connectivity index (χ3v) is 7.32. The van der Waals surface area contributed by atoms with Crippen molar-refractivity contribution in [1.82, 2.24) is 0 Å². The molecule has 1 aromatic rings. The Kier molecular flexibility index (Phi) is 13.4. The molecule has 1 aliphatic carbocycles. The number of nitrogens with one attached hydrogen (secondary N) is 1. The molecule has 155 valence electrons. The number of amides is 1. The molecule has 6 heteroatoms. The number of allylic oxidation sites excluding steroid dienone is 4. The largest absolute Gasteiger partial charge is 1.00 e. The van der Waals surface area contributed by atoms with Crippen LogP contribution in [0.1, 0.15) is 68.9 Å². The van der Waals surface area contributed by atoms with E-state index >= 15 is 0 Å². The molecule has 1 unspecified atom stereocenters. The maximum atomic E-state index is 12.1. The molecule has 1 N–H and O–H groups in total. The van der Waals surface area contributed by atoms with Crippen LogP contribution in [0, 0.1) is 5.92 Å². The van der Waals surface area contributed by atoms with Crippen LogP contribution in [0.2, 0.25) is 13.1 Å². The molecule has 0 spiro atoms. The van der Waals surface area contributed by atoms with E-state index in [0.717, 1.165) is 12.0 Å². The van der Waals surface area contributed by atoms with E-state index in [1.807, 2.05) is 6.07 Å². The van der Waals surface area contributed by atoms with Crippen LogP contribution in [-0.2, 0) is 32.3 Å². The Labute approximate surface area is 204 Å². The zero-order chi connectivity index (χ0) is 18.9. The molecule has 0 heterocycles. The summed E-state index contributed by atoms with van der Waals surface area (Å²) >= 11 is 0. The molecule has 1 aromatic carbocycles. The summed E-state index contributed by atoms with van der Waals surface area (Å²) in [5.74, 6) is -0.240. The van der Waals surface area contributed by atoms with Gasteiger partial charge < -0.3 is 35.3 Å². The molecule has 28 heavy (non-hydrogen) atoms. The van der Waals surface area contributed by atoms with Crippen LogP contribution in [0.3, 0.4) is 0 Å². The summed E-state index contributed by atoms with van der Waals surface area (Å²) in [6, 6.07) is 4.01. The fraction of sp³-hybridized carbons (Fsp3) is 0.500. The topological polar surface area (TPSA) is 40.9 Å². The standard InChI is InChI=1S/C22H32NOSi.2ClH.Hf/c1-8-9-10-17-11-12-18(22(23)24)20(21(17)25(6)7)19-15(4)13(2)14(3)16(19)5;;;/h11-12,15H,8-10H2,1-7H3,(H2,23,24);2*1H;/p-3. The minimum Gasteiger partial charge on any atom is -1.00 e. The van der Waals surface area contributed by atoms with E-state index in [9.17, 15) is 4.79 Å². The van der Waals surface area contributed by atoms with Gasteiger partial charge in [0.15, 0.2) is 0 Å². The van der Waals surface area contributed by atoms with Gasteiger partial charge in [0.1, 0.15) is 0 Å². The summed E-state index contributed by atoms with van der Waals surface area (Å²) in [5.41, 5.74) is 16.2. The normalized spacial score (nSPS) is 15.9. The van der Waals surface area contributed by atoms with Gasteiger partial charge in [-0.3, -0.25) is 0 Å². The van der Waals surface area contributed by atoms with Crippen molar-refractivity contribution in [2.24, 2.45) is 5.92 Å². The summed E-state index contributed by atoms with van der Waals surface area (Å²) < 4.78 is 0. The first kappa shape index (κ1) is 30.0. The van der Waals surface area contributed by atoms with Crippen molar-refractivity contribution in [3.8, 4) is 0 Å². The molecule has 1 atom stereocenters. The van der Waals surface area contributed by atoms with Crippen molar-refractivity contribution >= 4 is 25.5 Å². The second-order valence-corrected chi connectivity index (χ2v) is 10.0. The fourth-order valence-electron chi connectivity index (χ4n) is 4.03. The van der Waals surface area contributed by atoms with Gasteiger partial charge in [0.25, 0.3) is 0 Å². The number of hydrogen-bond acceptors (Lipinski definition) is 1. The molecule has 0 bridgehead atoms. The van der Waals surface area contributed by atoms with E-state index in [1.165, 1.54) is 45.9 Å². The number of unbranched alkanes of at least 4 members (excludes halogenated alkanes) is 1. The summed E-state index contributed by atoms with van der Waals surface area (Å²) in [5, 5.41) is 1.38. The van der Waals surface area contributed by atoms with E-state index in [1.54, 1.807) is 0 Å². The first-order valence-corrected chi connectivity index (χ1v) is 11.8. The van der Waals surface area contributed by atoms with Crippen LogP contribution >= 0.6 is 0 Å². The monoisotopic (exact) mass is 603 g/mol. The number of carbonyl (C=O) groups excluding carboxylic acids is 1. The Balaban J connectivity index is 0. The Hall–Kier alpha value is -0.163. The van der Waals surface area contributed by atoms with Crippen molar-refractivity contribution in [2.75, 3.05) is 0 Å². The molecular weight excluding hydrogens is 572 g/mol. The molecule has 2 rings (SSSR count). The molecule has 1 amide bonds. The van der Waals surface area contributed by atoms with Crippen molar-refractivity contribution in [2.45, 2.75) is 67.0 Å². The number of rotatable bonds is 6. The van der Waals surface area contributed by atoms with E-state index in [0.29, 0.717) is 11.5 Å². The van der Waals surface area contributed by atoms with Gasteiger partial charge in [-0.15, -0.1) is 0 Å². The van der Waals surface area contributed by atoms with Crippen LogP contribution in [0.5, 0.6) is 0 Å². The predicted octanol–water partition coefficient (Wildman–Crippen LogP) is -0.0519. The van der Waals surface area contributed by atoms with Gasteiger partial charge in [0, 0.05) is 37.3 Å². The minimum absolute atomic E-state index is 0. The second-order valence-electron chi connectivity index (χ2n) is 7.52. The SMILES string of the molecule is CCCCc1ccc(C([NH-])=O)c(C2=C(C)C(C)=C(C)C2C)c1[Si](C)C.[Cl-].[Cl-].[Hf]. The van der Waals surface area contributed by atoms with Crippen molar-refractivity contribution in [1.29, 1.82) is 0 Å². The number of carbonyl (C=O) groups is 1. The average molecular weight is 603 g/mol. The zero-order valence-corrected chi connectivity index (χ0v) is 24.1. The maximum absolute atomic E-state index is 12.1. The smallest absolute Gasteiger partial charge is 0.0803 e. The second kappa shape index (κ2) is 12.5. The summed E-state index contributed by atoms with van der Waals surface area (Å²) in [6.07, 6.45) is 3.40. The summed E-state index contributed by atoms with van der Waals surface area (Å²) in [7, 11) is -0.762. The van der Waals surface area contributed by atoms with Crippen LogP contribution in [-0.4, -0.2) is 14.7 Å². The van der Waals surface area contributed by atoms with Crippen LogP contribution in [0.15, 0.2) is 28.9 Å². The molecular formula is C22H31Cl2HfNOSi-3. The number of aryl methyl sites for hydroxylation is 1. The molecule has 0 saturated carbocycles. The molecule has 0 fully saturated rings. The van der Waals surface area contributed by atoms with Crippen molar-refractivity contribution < 1.29 is 55.5 Å². The molecule has 2 nitrogen and oxygen atoms in total. The average Bonchev–Trinajstić information content (AvgIpc) is 2.75. The summed E-state index contributed by atoms with van der Waals surface area (Å²) in [4.78, 5) is 12.1. The van der Waals surface area contributed by atoms with E-state index in [4.69, 9.17) is 5.73 Å². The number of hydrogen-bond donors (Lipinski definition) is 0. The first-order chi connectivity index (χ1) is 11.7. The van der Waals surface area contributed by atoms with Crippen molar-refractivity contribution in [3.05, 3.63) is 51.3 Å². The van der Waals surface area contributed by atoms with Crippen molar-refractivity contribution in [3.63, 3.8) is 0 Å².